The molecule has 0 aliphatic heterocycles. The van der Waals surface area contributed by atoms with Crippen LogP contribution in [0.4, 0.5) is 0 Å². The van der Waals surface area contributed by atoms with E-state index >= 15 is 0 Å². The van der Waals surface area contributed by atoms with Gasteiger partial charge in [0.05, 0.1) is 6.61 Å². The number of hydrogen-bond acceptors (Lipinski definition) is 2. The van der Waals surface area contributed by atoms with Gasteiger partial charge >= 0.3 is 5.97 Å². The second-order valence-electron chi connectivity index (χ2n) is 3.34. The monoisotopic (exact) mass is 185 g/mol. The first-order chi connectivity index (χ1) is 6.24. The summed E-state index contributed by atoms with van der Waals surface area (Å²) in [5.74, 6) is 0.436. The Kier molecular flexibility index (Phi) is 7.76. The highest BCUT2D eigenvalue weighted by Crippen LogP contribution is 2.15. The molecule has 0 saturated carbocycles. The summed E-state index contributed by atoms with van der Waals surface area (Å²) in [6.45, 7) is 8.34. The summed E-state index contributed by atoms with van der Waals surface area (Å²) >= 11 is 0. The molecule has 1 radical (unpaired) electrons. The Labute approximate surface area is 81.7 Å². The molecule has 0 aromatic heterocycles. The third-order valence-electron chi connectivity index (χ3n) is 2.14. The van der Waals surface area contributed by atoms with Crippen LogP contribution in [0.5, 0.6) is 0 Å². The highest BCUT2D eigenvalue weighted by Gasteiger charge is 2.11. The molecule has 1 unspecified atom stereocenters. The topological polar surface area (TPSA) is 26.3 Å². The zero-order valence-electron chi connectivity index (χ0n) is 8.84. The van der Waals surface area contributed by atoms with Gasteiger partial charge in [-0.3, -0.25) is 4.79 Å². The second-order valence-corrected chi connectivity index (χ2v) is 3.34. The minimum Gasteiger partial charge on any atom is -0.466 e. The average molecular weight is 185 g/mol. The van der Waals surface area contributed by atoms with Gasteiger partial charge in [0.2, 0.25) is 0 Å². The van der Waals surface area contributed by atoms with Gasteiger partial charge in [-0.1, -0.05) is 33.1 Å². The fourth-order valence-electron chi connectivity index (χ4n) is 1.34. The van der Waals surface area contributed by atoms with Gasteiger partial charge in [0, 0.05) is 6.42 Å². The van der Waals surface area contributed by atoms with Gasteiger partial charge in [-0.2, -0.15) is 0 Å². The van der Waals surface area contributed by atoms with Crippen molar-refractivity contribution in [2.75, 3.05) is 6.61 Å². The molecule has 0 rings (SSSR count). The molecule has 0 fully saturated rings. The maximum atomic E-state index is 11.2. The fraction of sp³-hybridized carbons (Fsp3) is 0.818. The number of hydrogen-bond donors (Lipinski definition) is 0. The largest absolute Gasteiger partial charge is 0.466 e. The van der Waals surface area contributed by atoms with Crippen molar-refractivity contribution in [3.8, 4) is 0 Å². The first-order valence-corrected chi connectivity index (χ1v) is 5.19. The molecule has 77 valence electrons. The highest BCUT2D eigenvalue weighted by atomic mass is 16.5. The Morgan fingerprint density at radius 2 is 2.15 bits per heavy atom. The molecular weight excluding hydrogens is 164 g/mol. The molecule has 0 aromatic carbocycles. The summed E-state index contributed by atoms with van der Waals surface area (Å²) < 4.78 is 4.97. The lowest BCUT2D eigenvalue weighted by Crippen LogP contribution is -2.11. The molecule has 0 aliphatic carbocycles. The van der Waals surface area contributed by atoms with Crippen LogP contribution in [0.2, 0.25) is 0 Å². The third kappa shape index (κ3) is 6.62. The quantitative estimate of drug-likeness (QED) is 0.570. The van der Waals surface area contributed by atoms with E-state index in [9.17, 15) is 4.79 Å². The molecule has 2 heteroatoms. The summed E-state index contributed by atoms with van der Waals surface area (Å²) in [5, 5.41) is 0. The van der Waals surface area contributed by atoms with E-state index in [2.05, 4.69) is 20.8 Å². The number of carbonyl (C=O) groups is 1. The summed E-state index contributed by atoms with van der Waals surface area (Å²) in [6, 6.07) is 0. The van der Waals surface area contributed by atoms with Gasteiger partial charge < -0.3 is 4.74 Å². The van der Waals surface area contributed by atoms with E-state index in [4.69, 9.17) is 4.74 Å². The molecule has 1 atom stereocenters. The van der Waals surface area contributed by atoms with Crippen molar-refractivity contribution in [2.45, 2.75) is 46.0 Å². The average Bonchev–Trinajstić information content (AvgIpc) is 2.14. The number of rotatable bonds is 7. The van der Waals surface area contributed by atoms with E-state index in [1.165, 1.54) is 0 Å². The van der Waals surface area contributed by atoms with Gasteiger partial charge in [0.15, 0.2) is 0 Å². The number of esters is 1. The van der Waals surface area contributed by atoms with Gasteiger partial charge in [0.1, 0.15) is 0 Å². The Balaban J connectivity index is 3.60. The summed E-state index contributed by atoms with van der Waals surface area (Å²) in [6.07, 6.45) is 4.56. The Morgan fingerprint density at radius 3 is 2.62 bits per heavy atom. The molecule has 0 saturated heterocycles. The van der Waals surface area contributed by atoms with E-state index in [1.807, 2.05) is 0 Å². The zero-order valence-corrected chi connectivity index (χ0v) is 8.84. The molecule has 0 heterocycles. The summed E-state index contributed by atoms with van der Waals surface area (Å²) in [5.41, 5.74) is 0. The van der Waals surface area contributed by atoms with Gasteiger partial charge in [-0.05, 0) is 19.3 Å². The first-order valence-electron chi connectivity index (χ1n) is 5.19. The minimum absolute atomic E-state index is 0.0658. The van der Waals surface area contributed by atoms with E-state index in [1.54, 1.807) is 0 Å². The maximum absolute atomic E-state index is 11.2. The fourth-order valence-corrected chi connectivity index (χ4v) is 1.34. The number of carbonyl (C=O) groups excluding carboxylic acids is 1. The molecule has 0 amide bonds. The van der Waals surface area contributed by atoms with Crippen LogP contribution in [0.25, 0.3) is 0 Å². The van der Waals surface area contributed by atoms with E-state index in [-0.39, 0.29) is 5.97 Å². The predicted octanol–water partition coefficient (Wildman–Crippen LogP) is 2.97. The normalized spacial score (nSPS) is 12.5. The van der Waals surface area contributed by atoms with Crippen LogP contribution in [0.3, 0.4) is 0 Å². The highest BCUT2D eigenvalue weighted by molar-refractivity contribution is 5.69. The number of ether oxygens (including phenoxy) is 1. The standard InChI is InChI=1S/C11H21O2/c1-4-7-10(6-3)9-11(12)13-8-5-2/h10H,2,4-9H2,1,3H3. The molecule has 2 nitrogen and oxygen atoms in total. The Morgan fingerprint density at radius 1 is 1.46 bits per heavy atom. The zero-order chi connectivity index (χ0) is 10.1. The van der Waals surface area contributed by atoms with Gasteiger partial charge in [-0.25, -0.2) is 0 Å². The van der Waals surface area contributed by atoms with Crippen LogP contribution in [0.1, 0.15) is 46.0 Å². The van der Waals surface area contributed by atoms with Crippen molar-refractivity contribution in [1.29, 1.82) is 0 Å². The van der Waals surface area contributed by atoms with Gasteiger partial charge in [0.25, 0.3) is 0 Å². The lowest BCUT2D eigenvalue weighted by Gasteiger charge is -2.12. The molecule has 0 bridgehead atoms. The third-order valence-corrected chi connectivity index (χ3v) is 2.14. The van der Waals surface area contributed by atoms with Crippen molar-refractivity contribution in [1.82, 2.24) is 0 Å². The van der Waals surface area contributed by atoms with Crippen LogP contribution in [-0.4, -0.2) is 12.6 Å². The smallest absolute Gasteiger partial charge is 0.306 e. The predicted molar refractivity (Wildman–Crippen MR) is 54.2 cm³/mol. The molecule has 0 aromatic rings. The van der Waals surface area contributed by atoms with Crippen LogP contribution in [0.15, 0.2) is 0 Å². The molecule has 0 N–H and O–H groups in total. The first kappa shape index (κ1) is 12.5. The molecule has 0 spiro atoms. The Bertz CT molecular complexity index is 132. The SMILES string of the molecule is [CH2]CCOC(=O)CC(CC)CCC. The van der Waals surface area contributed by atoms with E-state index in [0.717, 1.165) is 19.3 Å². The van der Waals surface area contributed by atoms with Crippen LogP contribution < -0.4 is 0 Å². The van der Waals surface area contributed by atoms with Crippen LogP contribution in [0, 0.1) is 12.8 Å². The van der Waals surface area contributed by atoms with Gasteiger partial charge in [-0.15, -0.1) is 0 Å². The summed E-state index contributed by atoms with van der Waals surface area (Å²) in [4.78, 5) is 11.2. The lowest BCUT2D eigenvalue weighted by atomic mass is 9.97. The minimum atomic E-state index is -0.0658. The van der Waals surface area contributed by atoms with Crippen molar-refractivity contribution >= 4 is 5.97 Å². The molecule has 0 aliphatic rings. The van der Waals surface area contributed by atoms with Crippen molar-refractivity contribution < 1.29 is 9.53 Å². The van der Waals surface area contributed by atoms with Crippen molar-refractivity contribution in [3.63, 3.8) is 0 Å². The van der Waals surface area contributed by atoms with Crippen LogP contribution in [-0.2, 0) is 9.53 Å². The molecule has 13 heavy (non-hydrogen) atoms. The second kappa shape index (κ2) is 8.09. The lowest BCUT2D eigenvalue weighted by molar-refractivity contribution is -0.144. The van der Waals surface area contributed by atoms with E-state index in [0.29, 0.717) is 25.4 Å². The maximum Gasteiger partial charge on any atom is 0.306 e. The molecular formula is C11H21O2. The van der Waals surface area contributed by atoms with E-state index < -0.39 is 0 Å². The Hall–Kier alpha value is -0.530. The summed E-state index contributed by atoms with van der Waals surface area (Å²) in [7, 11) is 0. The van der Waals surface area contributed by atoms with Crippen LogP contribution >= 0.6 is 0 Å². The van der Waals surface area contributed by atoms with Crippen molar-refractivity contribution in [3.05, 3.63) is 6.92 Å². The van der Waals surface area contributed by atoms with Crippen molar-refractivity contribution in [2.24, 2.45) is 5.92 Å².